The van der Waals surface area contributed by atoms with Gasteiger partial charge in [0.2, 0.25) is 5.91 Å². The van der Waals surface area contributed by atoms with Gasteiger partial charge in [-0.3, -0.25) is 4.79 Å². The van der Waals surface area contributed by atoms with Crippen molar-refractivity contribution in [2.24, 2.45) is 5.41 Å². The van der Waals surface area contributed by atoms with Gasteiger partial charge in [0, 0.05) is 18.5 Å². The summed E-state index contributed by atoms with van der Waals surface area (Å²) >= 11 is 0. The lowest BCUT2D eigenvalue weighted by molar-refractivity contribution is -0.123. The summed E-state index contributed by atoms with van der Waals surface area (Å²) in [6.45, 7) is 3.12. The molecule has 3 heteroatoms. The third-order valence-electron chi connectivity index (χ3n) is 4.66. The van der Waals surface area contributed by atoms with E-state index in [-0.39, 0.29) is 11.4 Å². The molecule has 1 amide bonds. The molecule has 3 nitrogen and oxygen atoms in total. The van der Waals surface area contributed by atoms with Gasteiger partial charge >= 0.3 is 0 Å². The Morgan fingerprint density at radius 2 is 1.76 bits per heavy atom. The Balaban J connectivity index is 1.78. The highest BCUT2D eigenvalue weighted by Gasteiger charge is 2.38. The molecule has 0 saturated heterocycles. The van der Waals surface area contributed by atoms with Crippen LogP contribution in [0.15, 0.2) is 0 Å². The minimum Gasteiger partial charge on any atom is -0.355 e. The van der Waals surface area contributed by atoms with Gasteiger partial charge in [-0.05, 0) is 38.1 Å². The fourth-order valence-corrected chi connectivity index (χ4v) is 2.82. The molecule has 2 aliphatic carbocycles. The molecule has 17 heavy (non-hydrogen) atoms. The molecule has 2 rings (SSSR count). The summed E-state index contributed by atoms with van der Waals surface area (Å²) in [5.74, 6) is 0.231. The molecule has 0 bridgehead atoms. The first-order valence-electron chi connectivity index (χ1n) is 7.03. The number of amides is 1. The molecule has 0 atom stereocenters. The molecule has 0 aromatic carbocycles. The molecule has 0 unspecified atom stereocenters. The predicted molar refractivity (Wildman–Crippen MR) is 69.8 cm³/mol. The predicted octanol–water partition coefficient (Wildman–Crippen LogP) is 2.22. The van der Waals surface area contributed by atoms with E-state index in [4.69, 9.17) is 0 Å². The van der Waals surface area contributed by atoms with Crippen molar-refractivity contribution in [1.29, 1.82) is 0 Å². The van der Waals surface area contributed by atoms with Crippen LogP contribution in [-0.4, -0.2) is 25.0 Å². The first-order valence-corrected chi connectivity index (χ1v) is 7.03. The lowest BCUT2D eigenvalue weighted by Crippen LogP contribution is -2.48. The first-order chi connectivity index (χ1) is 8.08. The lowest BCUT2D eigenvalue weighted by atomic mass is 9.79. The van der Waals surface area contributed by atoms with E-state index in [9.17, 15) is 4.79 Å². The maximum Gasteiger partial charge on any atom is 0.221 e. The Bertz CT molecular complexity index is 278. The van der Waals surface area contributed by atoms with E-state index < -0.39 is 0 Å². The third kappa shape index (κ3) is 3.44. The zero-order chi connectivity index (χ0) is 12.4. The third-order valence-corrected chi connectivity index (χ3v) is 4.66. The fourth-order valence-electron chi connectivity index (χ4n) is 2.82. The molecular formula is C14H26N2O. The van der Waals surface area contributed by atoms with Gasteiger partial charge in [0.1, 0.15) is 0 Å². The van der Waals surface area contributed by atoms with Crippen LogP contribution in [-0.2, 0) is 4.79 Å². The van der Waals surface area contributed by atoms with Crippen LogP contribution in [0.25, 0.3) is 0 Å². The quantitative estimate of drug-likeness (QED) is 0.771. The summed E-state index contributed by atoms with van der Waals surface area (Å²) in [5.41, 5.74) is 0.488. The fraction of sp³-hybridized carbons (Fsp3) is 0.929. The van der Waals surface area contributed by atoms with Gasteiger partial charge in [-0.15, -0.1) is 0 Å². The van der Waals surface area contributed by atoms with Gasteiger partial charge in [-0.2, -0.15) is 0 Å². The molecule has 0 aromatic rings. The van der Waals surface area contributed by atoms with Gasteiger partial charge in [-0.1, -0.05) is 26.2 Å². The van der Waals surface area contributed by atoms with E-state index in [0.29, 0.717) is 11.8 Å². The van der Waals surface area contributed by atoms with Gasteiger partial charge < -0.3 is 10.6 Å². The molecule has 0 aliphatic heterocycles. The second kappa shape index (κ2) is 4.97. The van der Waals surface area contributed by atoms with Crippen LogP contribution in [0.3, 0.4) is 0 Å². The average Bonchev–Trinajstić information content (AvgIpc) is 3.07. The standard InChI is InChI=1S/C14H26N2O/c1-13(8-9-13)11-16-12(17)10-14(15-2)6-4-3-5-7-14/h15H,3-11H2,1-2H3,(H,16,17). The average molecular weight is 238 g/mol. The highest BCUT2D eigenvalue weighted by molar-refractivity contribution is 5.77. The van der Waals surface area contributed by atoms with E-state index in [1.807, 2.05) is 7.05 Å². The minimum absolute atomic E-state index is 0.0762. The van der Waals surface area contributed by atoms with Gasteiger partial charge in [-0.25, -0.2) is 0 Å². The number of nitrogens with one attached hydrogen (secondary N) is 2. The molecule has 0 radical (unpaired) electrons. The normalized spacial score (nSPS) is 25.3. The zero-order valence-corrected chi connectivity index (χ0v) is 11.3. The van der Waals surface area contributed by atoms with Gasteiger partial charge in [0.25, 0.3) is 0 Å². The number of hydrogen-bond donors (Lipinski definition) is 2. The number of rotatable bonds is 5. The maximum atomic E-state index is 12.0. The SMILES string of the molecule is CNC1(CC(=O)NCC2(C)CC2)CCCCC1. The summed E-state index contributed by atoms with van der Waals surface area (Å²) in [6.07, 6.45) is 9.32. The van der Waals surface area contributed by atoms with E-state index >= 15 is 0 Å². The van der Waals surface area contributed by atoms with Crippen molar-refractivity contribution >= 4 is 5.91 Å². The van der Waals surface area contributed by atoms with Crippen LogP contribution in [0.2, 0.25) is 0 Å². The molecule has 0 heterocycles. The van der Waals surface area contributed by atoms with Crippen molar-refractivity contribution in [1.82, 2.24) is 10.6 Å². The van der Waals surface area contributed by atoms with E-state index in [0.717, 1.165) is 19.4 Å². The Morgan fingerprint density at radius 3 is 2.29 bits per heavy atom. The summed E-state index contributed by atoms with van der Waals surface area (Å²) < 4.78 is 0. The van der Waals surface area contributed by atoms with Crippen molar-refractivity contribution in [2.45, 2.75) is 63.8 Å². The van der Waals surface area contributed by atoms with Crippen LogP contribution in [0.4, 0.5) is 0 Å². The van der Waals surface area contributed by atoms with Crippen molar-refractivity contribution in [3.8, 4) is 0 Å². The summed E-state index contributed by atoms with van der Waals surface area (Å²) in [7, 11) is 2.00. The molecule has 2 fully saturated rings. The zero-order valence-electron chi connectivity index (χ0n) is 11.3. The van der Waals surface area contributed by atoms with E-state index in [1.165, 1.54) is 32.1 Å². The minimum atomic E-state index is 0.0762. The molecule has 98 valence electrons. The van der Waals surface area contributed by atoms with Crippen LogP contribution in [0.1, 0.15) is 58.3 Å². The monoisotopic (exact) mass is 238 g/mol. The maximum absolute atomic E-state index is 12.0. The second-order valence-electron chi connectivity index (χ2n) is 6.36. The van der Waals surface area contributed by atoms with Crippen LogP contribution < -0.4 is 10.6 Å². The van der Waals surface area contributed by atoms with Crippen molar-refractivity contribution < 1.29 is 4.79 Å². The smallest absolute Gasteiger partial charge is 0.221 e. The molecular weight excluding hydrogens is 212 g/mol. The highest BCUT2D eigenvalue weighted by Crippen LogP contribution is 2.44. The Labute approximate surface area is 105 Å². The van der Waals surface area contributed by atoms with E-state index in [2.05, 4.69) is 17.6 Å². The van der Waals surface area contributed by atoms with Crippen molar-refractivity contribution in [3.05, 3.63) is 0 Å². The Hall–Kier alpha value is -0.570. The van der Waals surface area contributed by atoms with Crippen LogP contribution in [0.5, 0.6) is 0 Å². The summed E-state index contributed by atoms with van der Waals surface area (Å²) in [5, 5.41) is 6.51. The van der Waals surface area contributed by atoms with Gasteiger partial charge in [0.05, 0.1) is 0 Å². The van der Waals surface area contributed by atoms with E-state index in [1.54, 1.807) is 0 Å². The molecule has 2 N–H and O–H groups in total. The molecule has 0 aromatic heterocycles. The first kappa shape index (κ1) is 12.9. The van der Waals surface area contributed by atoms with Crippen molar-refractivity contribution in [2.75, 3.05) is 13.6 Å². The largest absolute Gasteiger partial charge is 0.355 e. The second-order valence-corrected chi connectivity index (χ2v) is 6.36. The number of carbonyl (C=O) groups excluding carboxylic acids is 1. The lowest BCUT2D eigenvalue weighted by Gasteiger charge is -2.36. The van der Waals surface area contributed by atoms with Gasteiger partial charge in [0.15, 0.2) is 0 Å². The highest BCUT2D eigenvalue weighted by atomic mass is 16.1. The molecule has 2 saturated carbocycles. The van der Waals surface area contributed by atoms with Crippen LogP contribution in [0, 0.1) is 5.41 Å². The molecule has 2 aliphatic rings. The summed E-state index contributed by atoms with van der Waals surface area (Å²) in [4.78, 5) is 12.0. The van der Waals surface area contributed by atoms with Crippen molar-refractivity contribution in [3.63, 3.8) is 0 Å². The Morgan fingerprint density at radius 1 is 1.12 bits per heavy atom. The Kier molecular flexibility index (Phi) is 3.76. The topological polar surface area (TPSA) is 41.1 Å². The number of carbonyl (C=O) groups is 1. The number of hydrogen-bond acceptors (Lipinski definition) is 2. The summed E-state index contributed by atoms with van der Waals surface area (Å²) in [6, 6.07) is 0. The van der Waals surface area contributed by atoms with Crippen LogP contribution >= 0.6 is 0 Å². The molecule has 0 spiro atoms.